The van der Waals surface area contributed by atoms with Crippen LogP contribution in [0.4, 0.5) is 0 Å². The number of amides is 1. The van der Waals surface area contributed by atoms with Crippen LogP contribution in [0.2, 0.25) is 0 Å². The summed E-state index contributed by atoms with van der Waals surface area (Å²) in [6.07, 6.45) is 2.12. The smallest absolute Gasteiger partial charge is 0.262 e. The van der Waals surface area contributed by atoms with Gasteiger partial charge in [-0.25, -0.2) is 4.98 Å². The molecule has 1 fully saturated rings. The average molecular weight is 418 g/mol. The van der Waals surface area contributed by atoms with E-state index < -0.39 is 0 Å². The zero-order chi connectivity index (χ0) is 21.1. The van der Waals surface area contributed by atoms with Gasteiger partial charge >= 0.3 is 0 Å². The zero-order valence-electron chi connectivity index (χ0n) is 18.1. The van der Waals surface area contributed by atoms with Crippen molar-refractivity contribution in [2.75, 3.05) is 6.54 Å². The molecule has 1 heterocycles. The Balaban J connectivity index is 1.90. The molecule has 1 atom stereocenters. The fourth-order valence-corrected chi connectivity index (χ4v) is 4.62. The van der Waals surface area contributed by atoms with Crippen LogP contribution in [0.1, 0.15) is 47.5 Å². The summed E-state index contributed by atoms with van der Waals surface area (Å²) in [5, 5.41) is 4.00. The zero-order valence-corrected chi connectivity index (χ0v) is 18.9. The van der Waals surface area contributed by atoms with Crippen LogP contribution >= 0.6 is 11.8 Å². The highest BCUT2D eigenvalue weighted by atomic mass is 32.2. The first-order valence-electron chi connectivity index (χ1n) is 10.6. The molecule has 7 heteroatoms. The number of quaternary nitrogens is 1. The molecule has 2 N–H and O–H groups in total. The second kappa shape index (κ2) is 9.30. The molecule has 29 heavy (non-hydrogen) atoms. The predicted octanol–water partition coefficient (Wildman–Crippen LogP) is 1.86. The van der Waals surface area contributed by atoms with Crippen molar-refractivity contribution in [2.45, 2.75) is 82.5 Å². The maximum Gasteiger partial charge on any atom is 0.262 e. The first-order chi connectivity index (χ1) is 13.8. The Morgan fingerprint density at radius 1 is 1.21 bits per heavy atom. The van der Waals surface area contributed by atoms with E-state index in [-0.39, 0.29) is 16.7 Å². The lowest BCUT2D eigenvalue weighted by molar-refractivity contribution is -0.942. The molecule has 0 aliphatic heterocycles. The molecule has 0 radical (unpaired) electrons. The molecular formula is C22H33N4O2S+. The van der Waals surface area contributed by atoms with Gasteiger partial charge in [-0.15, -0.1) is 0 Å². The number of aromatic nitrogens is 2. The Kier molecular flexibility index (Phi) is 7.01. The Morgan fingerprint density at radius 3 is 2.48 bits per heavy atom. The van der Waals surface area contributed by atoms with E-state index in [4.69, 9.17) is 4.98 Å². The summed E-state index contributed by atoms with van der Waals surface area (Å²) in [4.78, 5) is 31.9. The van der Waals surface area contributed by atoms with Gasteiger partial charge in [0.15, 0.2) is 5.16 Å². The maximum atomic E-state index is 13.2. The molecular weight excluding hydrogens is 384 g/mol. The van der Waals surface area contributed by atoms with E-state index in [1.165, 1.54) is 16.7 Å². The lowest BCUT2D eigenvalue weighted by Crippen LogP contribution is -3.18. The Bertz CT molecular complexity index is 913. The number of carbonyl (C=O) groups is 1. The van der Waals surface area contributed by atoms with E-state index in [1.54, 1.807) is 4.57 Å². The molecule has 0 saturated heterocycles. The van der Waals surface area contributed by atoms with Gasteiger partial charge in [-0.1, -0.05) is 23.9 Å². The summed E-state index contributed by atoms with van der Waals surface area (Å²) < 4.78 is 1.76. The van der Waals surface area contributed by atoms with Crippen molar-refractivity contribution >= 4 is 28.6 Å². The van der Waals surface area contributed by atoms with Gasteiger partial charge in [-0.2, -0.15) is 0 Å². The van der Waals surface area contributed by atoms with Crippen LogP contribution in [-0.2, 0) is 11.3 Å². The van der Waals surface area contributed by atoms with Crippen molar-refractivity contribution in [1.29, 1.82) is 0 Å². The summed E-state index contributed by atoms with van der Waals surface area (Å²) in [7, 11) is 0. The Hall–Kier alpha value is -1.86. The number of thioether (sulfide) groups is 1. The number of hydrogen-bond donors (Lipinski definition) is 2. The van der Waals surface area contributed by atoms with E-state index in [0.29, 0.717) is 40.7 Å². The molecule has 2 aromatic rings. The normalized spacial score (nSPS) is 15.4. The second-order valence-corrected chi connectivity index (χ2v) is 9.85. The number of rotatable bonds is 9. The molecule has 0 spiro atoms. The molecule has 6 nitrogen and oxygen atoms in total. The molecule has 1 aliphatic rings. The van der Waals surface area contributed by atoms with Gasteiger partial charge in [-0.3, -0.25) is 14.2 Å². The van der Waals surface area contributed by atoms with Crippen molar-refractivity contribution in [3.05, 3.63) is 34.6 Å². The minimum absolute atomic E-state index is 0.0167. The van der Waals surface area contributed by atoms with Crippen LogP contribution in [0.15, 0.2) is 34.2 Å². The van der Waals surface area contributed by atoms with Crippen molar-refractivity contribution < 1.29 is 9.69 Å². The van der Waals surface area contributed by atoms with E-state index in [9.17, 15) is 9.59 Å². The van der Waals surface area contributed by atoms with Crippen LogP contribution in [0.25, 0.3) is 10.9 Å². The van der Waals surface area contributed by atoms with Crippen LogP contribution < -0.4 is 15.8 Å². The minimum atomic E-state index is -0.298. The monoisotopic (exact) mass is 417 g/mol. The number of fused-ring (bicyclic) bond motifs is 1. The highest BCUT2D eigenvalue weighted by Crippen LogP contribution is 2.24. The molecule has 1 aromatic heterocycles. The lowest BCUT2D eigenvalue weighted by atomic mass is 10.2. The third-order valence-corrected chi connectivity index (χ3v) is 6.60. The van der Waals surface area contributed by atoms with Crippen molar-refractivity contribution in [2.24, 2.45) is 0 Å². The van der Waals surface area contributed by atoms with Gasteiger partial charge < -0.3 is 10.2 Å². The van der Waals surface area contributed by atoms with Crippen molar-refractivity contribution in [3.63, 3.8) is 0 Å². The molecule has 1 amide bonds. The SMILES string of the molecule is CC(C)[NH+](CCn1c(S[C@@H](C)C(=O)NC2CC2)nc2ccccc2c1=O)C(C)C. The molecule has 0 unspecified atom stereocenters. The third-order valence-electron chi connectivity index (χ3n) is 5.51. The summed E-state index contributed by atoms with van der Waals surface area (Å²) in [6, 6.07) is 8.71. The van der Waals surface area contributed by atoms with Crippen LogP contribution in [0.3, 0.4) is 0 Å². The van der Waals surface area contributed by atoms with Gasteiger partial charge in [0.2, 0.25) is 5.91 Å². The molecule has 1 aliphatic carbocycles. The standard InChI is InChI=1S/C22H32N4O2S/c1-14(2)25(15(3)4)12-13-26-21(28)18-8-6-7-9-19(18)24-22(26)29-16(5)20(27)23-17-10-11-17/h6-9,14-17H,10-13H2,1-5H3,(H,23,27)/p+1/t16-/m0/s1. The Labute approximate surface area is 177 Å². The highest BCUT2D eigenvalue weighted by molar-refractivity contribution is 8.00. The lowest BCUT2D eigenvalue weighted by Gasteiger charge is -2.28. The fourth-order valence-electron chi connectivity index (χ4n) is 3.68. The quantitative estimate of drug-likeness (QED) is 0.483. The van der Waals surface area contributed by atoms with Gasteiger partial charge in [0, 0.05) is 6.04 Å². The van der Waals surface area contributed by atoms with Gasteiger partial charge in [-0.05, 0) is 59.6 Å². The summed E-state index contributed by atoms with van der Waals surface area (Å²) in [5.41, 5.74) is 0.655. The number of nitrogens with zero attached hydrogens (tertiary/aromatic N) is 2. The number of benzene rings is 1. The molecule has 0 bridgehead atoms. The molecule has 158 valence electrons. The predicted molar refractivity (Wildman–Crippen MR) is 119 cm³/mol. The Morgan fingerprint density at radius 2 is 1.86 bits per heavy atom. The van der Waals surface area contributed by atoms with E-state index in [1.807, 2.05) is 31.2 Å². The number of nitrogens with one attached hydrogen (secondary N) is 2. The number of hydrogen-bond acceptors (Lipinski definition) is 4. The van der Waals surface area contributed by atoms with Crippen molar-refractivity contribution in [3.8, 4) is 0 Å². The van der Waals surface area contributed by atoms with E-state index in [0.717, 1.165) is 19.4 Å². The third kappa shape index (κ3) is 5.39. The number of para-hydroxylation sites is 1. The highest BCUT2D eigenvalue weighted by Gasteiger charge is 2.27. The second-order valence-electron chi connectivity index (χ2n) is 8.55. The minimum Gasteiger partial charge on any atom is -0.352 e. The van der Waals surface area contributed by atoms with Crippen molar-refractivity contribution in [1.82, 2.24) is 14.9 Å². The van der Waals surface area contributed by atoms with Crippen LogP contribution in [-0.4, -0.2) is 45.4 Å². The fraction of sp³-hybridized carbons (Fsp3) is 0.591. The summed E-state index contributed by atoms with van der Waals surface area (Å²) >= 11 is 1.38. The van der Waals surface area contributed by atoms with E-state index in [2.05, 4.69) is 33.0 Å². The number of carbonyl (C=O) groups excluding carboxylic acids is 1. The summed E-state index contributed by atoms with van der Waals surface area (Å²) in [5.74, 6) is 0.0167. The van der Waals surface area contributed by atoms with Crippen LogP contribution in [0, 0.1) is 0 Å². The topological polar surface area (TPSA) is 68.4 Å². The molecule has 3 rings (SSSR count). The van der Waals surface area contributed by atoms with E-state index >= 15 is 0 Å². The van der Waals surface area contributed by atoms with Gasteiger partial charge in [0.25, 0.3) is 5.56 Å². The van der Waals surface area contributed by atoms with Crippen LogP contribution in [0.5, 0.6) is 0 Å². The first-order valence-corrected chi connectivity index (χ1v) is 11.5. The molecule has 1 saturated carbocycles. The largest absolute Gasteiger partial charge is 0.352 e. The summed E-state index contributed by atoms with van der Waals surface area (Å²) in [6.45, 7) is 12.1. The van der Waals surface area contributed by atoms with Gasteiger partial charge in [0.1, 0.15) is 0 Å². The maximum absolute atomic E-state index is 13.2. The van der Waals surface area contributed by atoms with Gasteiger partial charge in [0.05, 0.1) is 41.3 Å². The average Bonchev–Trinajstić information content (AvgIpc) is 3.47. The first kappa shape index (κ1) is 21.8. The molecule has 1 aromatic carbocycles.